The number of benzene rings is 3. The van der Waals surface area contributed by atoms with E-state index in [1.807, 2.05) is 24.3 Å². The number of hydrogen-bond acceptors (Lipinski definition) is 4. The van der Waals surface area contributed by atoms with Crippen molar-refractivity contribution in [3.63, 3.8) is 0 Å². The van der Waals surface area contributed by atoms with Gasteiger partial charge >= 0.3 is 0 Å². The van der Waals surface area contributed by atoms with Crippen LogP contribution in [-0.4, -0.2) is 91.1 Å². The molecule has 2 saturated heterocycles. The molecule has 0 N–H and O–H groups in total. The number of halogens is 3. The van der Waals surface area contributed by atoms with Crippen LogP contribution in [0.1, 0.15) is 43.0 Å². The summed E-state index contributed by atoms with van der Waals surface area (Å²) in [5, 5.41) is 0. The fourth-order valence-corrected chi connectivity index (χ4v) is 6.23. The predicted octanol–water partition coefficient (Wildman–Crippen LogP) is 6.31. The fraction of sp³-hybridized carbons (Fsp3) is 0.429. The van der Waals surface area contributed by atoms with Gasteiger partial charge in [-0.2, -0.15) is 0 Å². The standard InChI is InChI=1S/C35H43F3N4/c1-27(2)41-20-22-42(23-21-41)35(28-11-13-31(36)14-12-28)26-40-18-16-39(17-19-40)15-5-10-34(29-6-3-8-32(37)24-29)30-7-4-9-33(38)25-30/h3-4,6-14,24-25,27,35H,5,15-23,26H2,1-2H3. The van der Waals surface area contributed by atoms with Crippen molar-refractivity contribution in [3.8, 4) is 0 Å². The molecule has 0 aliphatic carbocycles. The molecule has 1 unspecified atom stereocenters. The van der Waals surface area contributed by atoms with Crippen molar-refractivity contribution < 1.29 is 13.2 Å². The second kappa shape index (κ2) is 14.5. The SMILES string of the molecule is CC(C)N1CCN(C(CN2CCN(CCC=C(c3cccc(F)c3)c3cccc(F)c3)CC2)c2ccc(F)cc2)CC1. The lowest BCUT2D eigenvalue weighted by molar-refractivity contribution is 0.0484. The third kappa shape index (κ3) is 8.10. The van der Waals surface area contributed by atoms with Gasteiger partial charge in [-0.1, -0.05) is 42.5 Å². The van der Waals surface area contributed by atoms with Crippen LogP contribution in [0.25, 0.3) is 5.57 Å². The van der Waals surface area contributed by atoms with Gasteiger partial charge in [0.05, 0.1) is 0 Å². The van der Waals surface area contributed by atoms with E-state index in [1.54, 1.807) is 24.3 Å². The van der Waals surface area contributed by atoms with Gasteiger partial charge in [0.25, 0.3) is 0 Å². The Morgan fingerprint density at radius 2 is 1.21 bits per heavy atom. The maximum absolute atomic E-state index is 14.0. The first-order valence-electron chi connectivity index (χ1n) is 15.3. The predicted molar refractivity (Wildman–Crippen MR) is 165 cm³/mol. The average molecular weight is 577 g/mol. The van der Waals surface area contributed by atoms with Crippen molar-refractivity contribution in [1.82, 2.24) is 19.6 Å². The minimum atomic E-state index is -0.299. The van der Waals surface area contributed by atoms with E-state index in [2.05, 4.69) is 39.5 Å². The molecule has 2 heterocycles. The molecule has 2 fully saturated rings. The monoisotopic (exact) mass is 576 g/mol. The quantitative estimate of drug-likeness (QED) is 0.281. The van der Waals surface area contributed by atoms with Gasteiger partial charge in [-0.25, -0.2) is 13.2 Å². The molecular weight excluding hydrogens is 533 g/mol. The summed E-state index contributed by atoms with van der Waals surface area (Å²) in [5.74, 6) is -0.791. The minimum absolute atomic E-state index is 0.192. The van der Waals surface area contributed by atoms with E-state index in [9.17, 15) is 13.2 Å². The summed E-state index contributed by atoms with van der Waals surface area (Å²) in [5.41, 5.74) is 3.55. The molecule has 0 bridgehead atoms. The van der Waals surface area contributed by atoms with Gasteiger partial charge in [0.1, 0.15) is 17.5 Å². The summed E-state index contributed by atoms with van der Waals surface area (Å²) in [6.07, 6.45) is 2.90. The van der Waals surface area contributed by atoms with Crippen LogP contribution in [0.2, 0.25) is 0 Å². The van der Waals surface area contributed by atoms with Crippen LogP contribution in [0.5, 0.6) is 0 Å². The molecule has 0 aromatic heterocycles. The zero-order valence-corrected chi connectivity index (χ0v) is 24.9. The lowest BCUT2D eigenvalue weighted by atomic mass is 9.96. The Kier molecular flexibility index (Phi) is 10.5. The summed E-state index contributed by atoms with van der Waals surface area (Å²) >= 11 is 0. The Morgan fingerprint density at radius 1 is 0.667 bits per heavy atom. The lowest BCUT2D eigenvalue weighted by Gasteiger charge is -2.43. The Bertz CT molecular complexity index is 1260. The highest BCUT2D eigenvalue weighted by Gasteiger charge is 2.29. The molecule has 0 radical (unpaired) electrons. The maximum atomic E-state index is 14.0. The first-order valence-corrected chi connectivity index (χ1v) is 15.3. The zero-order valence-electron chi connectivity index (χ0n) is 24.9. The van der Waals surface area contributed by atoms with Crippen molar-refractivity contribution >= 4 is 5.57 Å². The third-order valence-electron chi connectivity index (χ3n) is 8.74. The third-order valence-corrected chi connectivity index (χ3v) is 8.74. The van der Waals surface area contributed by atoms with Gasteiger partial charge in [-0.15, -0.1) is 0 Å². The average Bonchev–Trinajstić information content (AvgIpc) is 2.99. The molecule has 0 saturated carbocycles. The topological polar surface area (TPSA) is 13.0 Å². The minimum Gasteiger partial charge on any atom is -0.300 e. The van der Waals surface area contributed by atoms with Crippen LogP contribution in [0.3, 0.4) is 0 Å². The lowest BCUT2D eigenvalue weighted by Crippen LogP contribution is -2.53. The van der Waals surface area contributed by atoms with E-state index in [0.717, 1.165) is 88.6 Å². The van der Waals surface area contributed by atoms with Crippen LogP contribution in [0.15, 0.2) is 78.9 Å². The molecule has 224 valence electrons. The van der Waals surface area contributed by atoms with Crippen molar-refractivity contribution in [1.29, 1.82) is 0 Å². The highest BCUT2D eigenvalue weighted by molar-refractivity contribution is 5.79. The smallest absolute Gasteiger partial charge is 0.123 e. The second-order valence-corrected chi connectivity index (χ2v) is 11.8. The van der Waals surface area contributed by atoms with E-state index >= 15 is 0 Å². The van der Waals surface area contributed by atoms with Crippen LogP contribution in [0.4, 0.5) is 13.2 Å². The van der Waals surface area contributed by atoms with Crippen LogP contribution < -0.4 is 0 Å². The van der Waals surface area contributed by atoms with Gasteiger partial charge in [0.15, 0.2) is 0 Å². The first kappa shape index (κ1) is 30.5. The molecule has 2 aliphatic rings. The Hall–Kier alpha value is -2.97. The normalized spacial score (nSPS) is 18.3. The van der Waals surface area contributed by atoms with Crippen LogP contribution in [0, 0.1) is 17.5 Å². The number of piperazine rings is 2. The Morgan fingerprint density at radius 3 is 1.76 bits per heavy atom. The van der Waals surface area contributed by atoms with Crippen molar-refractivity contribution in [2.75, 3.05) is 65.4 Å². The van der Waals surface area contributed by atoms with Crippen LogP contribution >= 0.6 is 0 Å². The van der Waals surface area contributed by atoms with Crippen molar-refractivity contribution in [3.05, 3.63) is 113 Å². The molecule has 4 nitrogen and oxygen atoms in total. The van der Waals surface area contributed by atoms with Gasteiger partial charge in [-0.3, -0.25) is 14.7 Å². The molecule has 3 aromatic carbocycles. The number of nitrogens with zero attached hydrogens (tertiary/aromatic N) is 4. The summed E-state index contributed by atoms with van der Waals surface area (Å²) in [6, 6.07) is 20.9. The Labute approximate surface area is 249 Å². The van der Waals surface area contributed by atoms with Gasteiger partial charge in [0, 0.05) is 77.5 Å². The van der Waals surface area contributed by atoms with Gasteiger partial charge < -0.3 is 4.90 Å². The van der Waals surface area contributed by atoms with Crippen molar-refractivity contribution in [2.45, 2.75) is 32.4 Å². The molecule has 3 aromatic rings. The molecule has 2 aliphatic heterocycles. The van der Waals surface area contributed by atoms with E-state index in [-0.39, 0.29) is 23.5 Å². The van der Waals surface area contributed by atoms with Gasteiger partial charge in [0.2, 0.25) is 0 Å². The highest BCUT2D eigenvalue weighted by Crippen LogP contribution is 2.27. The molecule has 1 atom stereocenters. The van der Waals surface area contributed by atoms with E-state index in [1.165, 1.54) is 29.8 Å². The molecule has 0 spiro atoms. The first-order chi connectivity index (χ1) is 20.4. The summed E-state index contributed by atoms with van der Waals surface area (Å²) in [4.78, 5) is 10.1. The number of rotatable bonds is 10. The molecule has 0 amide bonds. The van der Waals surface area contributed by atoms with Crippen LogP contribution in [-0.2, 0) is 0 Å². The van der Waals surface area contributed by atoms with Gasteiger partial charge in [-0.05, 0) is 78.9 Å². The molecule has 7 heteroatoms. The van der Waals surface area contributed by atoms with E-state index < -0.39 is 0 Å². The van der Waals surface area contributed by atoms with E-state index in [4.69, 9.17) is 0 Å². The Balaban J connectivity index is 1.19. The zero-order chi connectivity index (χ0) is 29.5. The fourth-order valence-electron chi connectivity index (χ4n) is 6.23. The number of hydrogen-bond donors (Lipinski definition) is 0. The molecule has 42 heavy (non-hydrogen) atoms. The highest BCUT2D eigenvalue weighted by atomic mass is 19.1. The second-order valence-electron chi connectivity index (χ2n) is 11.8. The van der Waals surface area contributed by atoms with E-state index in [0.29, 0.717) is 6.04 Å². The largest absolute Gasteiger partial charge is 0.300 e. The summed E-state index contributed by atoms with van der Waals surface area (Å²) in [6.45, 7) is 14.4. The maximum Gasteiger partial charge on any atom is 0.123 e. The summed E-state index contributed by atoms with van der Waals surface area (Å²) in [7, 11) is 0. The molecular formula is C35H43F3N4. The summed E-state index contributed by atoms with van der Waals surface area (Å²) < 4.78 is 41.8. The van der Waals surface area contributed by atoms with Crippen molar-refractivity contribution in [2.24, 2.45) is 0 Å². The molecule has 5 rings (SSSR count).